The predicted octanol–water partition coefficient (Wildman–Crippen LogP) is 1.93. The molecule has 0 fully saturated rings. The normalized spacial score (nSPS) is 11.0. The van der Waals surface area contributed by atoms with E-state index in [1.165, 1.54) is 49.0 Å². The van der Waals surface area contributed by atoms with Gasteiger partial charge in [0, 0.05) is 19.0 Å². The number of sulfonamides is 1. The molecule has 0 heterocycles. The number of ether oxygens (including phenoxy) is 1. The first-order valence-electron chi connectivity index (χ1n) is 7.24. The van der Waals surface area contributed by atoms with Crippen molar-refractivity contribution in [1.29, 1.82) is 0 Å². The number of amides is 1. The van der Waals surface area contributed by atoms with Gasteiger partial charge in [0.05, 0.1) is 17.7 Å². The van der Waals surface area contributed by atoms with Gasteiger partial charge in [-0.2, -0.15) is 0 Å². The molecule has 25 heavy (non-hydrogen) atoms. The molecule has 134 valence electrons. The van der Waals surface area contributed by atoms with Crippen molar-refractivity contribution in [1.82, 2.24) is 5.48 Å². The fourth-order valence-electron chi connectivity index (χ4n) is 2.17. The first-order chi connectivity index (χ1) is 11.9. The van der Waals surface area contributed by atoms with Gasteiger partial charge in [-0.3, -0.25) is 14.3 Å². The number of hydrogen-bond acceptors (Lipinski definition) is 5. The molecular weight excluding hydrogens is 351 g/mol. The van der Waals surface area contributed by atoms with E-state index in [1.54, 1.807) is 6.07 Å². The van der Waals surface area contributed by atoms with Crippen molar-refractivity contribution >= 4 is 21.6 Å². The Morgan fingerprint density at radius 1 is 1.24 bits per heavy atom. The number of hydroxylamine groups is 1. The number of hydrogen-bond donors (Lipinski definition) is 2. The summed E-state index contributed by atoms with van der Waals surface area (Å²) in [6.07, 6.45) is -0.353. The van der Waals surface area contributed by atoms with Crippen LogP contribution in [0.4, 0.5) is 10.1 Å². The lowest BCUT2D eigenvalue weighted by Gasteiger charge is -2.24. The maximum Gasteiger partial charge on any atom is 0.264 e. The second-order valence-corrected chi connectivity index (χ2v) is 6.85. The average Bonchev–Trinajstić information content (AvgIpc) is 2.62. The Morgan fingerprint density at radius 3 is 2.60 bits per heavy atom. The zero-order valence-corrected chi connectivity index (χ0v) is 14.2. The third-order valence-electron chi connectivity index (χ3n) is 3.42. The van der Waals surface area contributed by atoms with E-state index in [9.17, 15) is 17.6 Å². The molecule has 2 aromatic carbocycles. The summed E-state index contributed by atoms with van der Waals surface area (Å²) in [6, 6.07) is 11.0. The highest BCUT2D eigenvalue weighted by molar-refractivity contribution is 7.92. The predicted molar refractivity (Wildman–Crippen MR) is 88.5 cm³/mol. The lowest BCUT2D eigenvalue weighted by atomic mass is 10.3. The summed E-state index contributed by atoms with van der Waals surface area (Å²) in [5.74, 6) is -1.22. The molecule has 2 aromatic rings. The quantitative estimate of drug-likeness (QED) is 0.575. The van der Waals surface area contributed by atoms with E-state index in [0.717, 1.165) is 10.4 Å². The summed E-state index contributed by atoms with van der Waals surface area (Å²) >= 11 is 0. The Balaban J connectivity index is 2.49. The number of para-hydroxylation sites is 1. The zero-order chi connectivity index (χ0) is 18.4. The Morgan fingerprint density at radius 2 is 1.96 bits per heavy atom. The average molecular weight is 368 g/mol. The summed E-state index contributed by atoms with van der Waals surface area (Å²) in [5, 5.41) is 8.60. The van der Waals surface area contributed by atoms with Gasteiger partial charge in [-0.15, -0.1) is 0 Å². The summed E-state index contributed by atoms with van der Waals surface area (Å²) in [4.78, 5) is 11.2. The lowest BCUT2D eigenvalue weighted by Crippen LogP contribution is -2.35. The van der Waals surface area contributed by atoms with Gasteiger partial charge in [0.1, 0.15) is 11.6 Å². The molecule has 0 bridgehead atoms. The number of carbonyl (C=O) groups is 1. The second-order valence-electron chi connectivity index (χ2n) is 4.99. The van der Waals surface area contributed by atoms with Crippen LogP contribution in [-0.2, 0) is 14.8 Å². The molecule has 0 atom stereocenters. The van der Waals surface area contributed by atoms with Gasteiger partial charge < -0.3 is 4.74 Å². The monoisotopic (exact) mass is 368 g/mol. The molecule has 2 N–H and O–H groups in total. The zero-order valence-electron chi connectivity index (χ0n) is 13.3. The van der Waals surface area contributed by atoms with Crippen LogP contribution in [0.25, 0.3) is 0 Å². The van der Waals surface area contributed by atoms with Gasteiger partial charge in [0.15, 0.2) is 0 Å². The molecule has 9 heteroatoms. The number of rotatable bonds is 7. The Kier molecular flexibility index (Phi) is 5.94. The number of nitrogens with zero attached hydrogens (tertiary/aromatic N) is 1. The molecule has 0 radical (unpaired) electrons. The highest BCUT2D eigenvalue weighted by Crippen LogP contribution is 2.28. The van der Waals surface area contributed by atoms with Crippen molar-refractivity contribution in [3.63, 3.8) is 0 Å². The van der Waals surface area contributed by atoms with Crippen LogP contribution >= 0.6 is 0 Å². The van der Waals surface area contributed by atoms with Crippen LogP contribution in [0.15, 0.2) is 53.4 Å². The minimum absolute atomic E-state index is 0.112. The third kappa shape index (κ3) is 4.25. The van der Waals surface area contributed by atoms with Crippen LogP contribution in [0.2, 0.25) is 0 Å². The minimum atomic E-state index is -4.16. The number of carbonyl (C=O) groups excluding carboxylic acids is 1. The van der Waals surface area contributed by atoms with E-state index < -0.39 is 21.7 Å². The molecule has 0 saturated heterocycles. The molecule has 1 amide bonds. The van der Waals surface area contributed by atoms with E-state index in [0.29, 0.717) is 5.75 Å². The van der Waals surface area contributed by atoms with Crippen LogP contribution in [0.1, 0.15) is 6.42 Å². The molecular formula is C16H17FN2O5S. The molecule has 0 aliphatic heterocycles. The molecule has 2 rings (SSSR count). The van der Waals surface area contributed by atoms with Gasteiger partial charge in [0.2, 0.25) is 5.91 Å². The van der Waals surface area contributed by atoms with E-state index in [1.807, 2.05) is 0 Å². The molecule has 0 saturated carbocycles. The first-order valence-corrected chi connectivity index (χ1v) is 8.68. The molecule has 0 spiro atoms. The second kappa shape index (κ2) is 7.95. The number of nitrogens with one attached hydrogen (secondary N) is 1. The maximum atomic E-state index is 14.2. The van der Waals surface area contributed by atoms with Crippen molar-refractivity contribution in [2.45, 2.75) is 11.3 Å². The van der Waals surface area contributed by atoms with Gasteiger partial charge in [-0.1, -0.05) is 18.2 Å². The smallest absolute Gasteiger partial charge is 0.264 e. The van der Waals surface area contributed by atoms with Crippen LogP contribution in [-0.4, -0.2) is 33.2 Å². The SMILES string of the molecule is COc1cccc(S(=O)(=O)N(CCC(=O)NO)c2ccccc2F)c1. The van der Waals surface area contributed by atoms with Crippen molar-refractivity contribution < 1.29 is 27.5 Å². The molecule has 0 aliphatic carbocycles. The molecule has 7 nitrogen and oxygen atoms in total. The first kappa shape index (κ1) is 18.7. The van der Waals surface area contributed by atoms with Crippen molar-refractivity contribution in [2.75, 3.05) is 18.0 Å². The summed E-state index contributed by atoms with van der Waals surface area (Å²) in [5.41, 5.74) is 1.22. The standard InChI is InChI=1S/C16H17FN2O5S/c1-24-12-5-4-6-13(11-12)25(22,23)19(10-9-16(20)18-21)15-8-3-2-7-14(15)17/h2-8,11,21H,9-10H2,1H3,(H,18,20). The minimum Gasteiger partial charge on any atom is -0.497 e. The summed E-state index contributed by atoms with van der Waals surface area (Å²) in [6.45, 7) is -0.354. The highest BCUT2D eigenvalue weighted by atomic mass is 32.2. The summed E-state index contributed by atoms with van der Waals surface area (Å²) in [7, 11) is -2.77. The summed E-state index contributed by atoms with van der Waals surface area (Å²) < 4.78 is 45.9. The lowest BCUT2D eigenvalue weighted by molar-refractivity contribution is -0.128. The van der Waals surface area contributed by atoms with Crippen molar-refractivity contribution in [2.24, 2.45) is 0 Å². The van der Waals surface area contributed by atoms with E-state index in [2.05, 4.69) is 0 Å². The van der Waals surface area contributed by atoms with E-state index in [-0.39, 0.29) is 23.5 Å². The number of methoxy groups -OCH3 is 1. The Hall–Kier alpha value is -2.65. The highest BCUT2D eigenvalue weighted by Gasteiger charge is 2.27. The molecule has 0 aromatic heterocycles. The van der Waals surface area contributed by atoms with Gasteiger partial charge in [0.25, 0.3) is 10.0 Å². The molecule has 0 aliphatic rings. The fraction of sp³-hybridized carbons (Fsp3) is 0.188. The number of benzene rings is 2. The van der Waals surface area contributed by atoms with Gasteiger partial charge in [-0.25, -0.2) is 18.3 Å². The third-order valence-corrected chi connectivity index (χ3v) is 5.23. The van der Waals surface area contributed by atoms with Crippen LogP contribution in [0, 0.1) is 5.82 Å². The topological polar surface area (TPSA) is 95.9 Å². The van der Waals surface area contributed by atoms with Gasteiger partial charge >= 0.3 is 0 Å². The number of anilines is 1. The number of halogens is 1. The van der Waals surface area contributed by atoms with Crippen LogP contribution < -0.4 is 14.5 Å². The van der Waals surface area contributed by atoms with E-state index in [4.69, 9.17) is 9.94 Å². The van der Waals surface area contributed by atoms with Crippen LogP contribution in [0.5, 0.6) is 5.75 Å². The Labute approximate surface area is 144 Å². The Bertz CT molecular complexity index is 857. The maximum absolute atomic E-state index is 14.2. The van der Waals surface area contributed by atoms with Crippen molar-refractivity contribution in [3.05, 3.63) is 54.3 Å². The van der Waals surface area contributed by atoms with E-state index >= 15 is 0 Å². The van der Waals surface area contributed by atoms with Crippen molar-refractivity contribution in [3.8, 4) is 5.75 Å². The van der Waals surface area contributed by atoms with Gasteiger partial charge in [-0.05, 0) is 24.3 Å². The molecule has 0 unspecified atom stereocenters. The fourth-order valence-corrected chi connectivity index (χ4v) is 3.68. The largest absolute Gasteiger partial charge is 0.497 e. The van der Waals surface area contributed by atoms with Crippen LogP contribution in [0.3, 0.4) is 0 Å².